The molecule has 1 atom stereocenters. The lowest BCUT2D eigenvalue weighted by Gasteiger charge is -2.16. The van der Waals surface area contributed by atoms with Crippen LogP contribution in [0.1, 0.15) is 24.9 Å². The molecule has 0 aliphatic rings. The zero-order valence-electron chi connectivity index (χ0n) is 10.3. The van der Waals surface area contributed by atoms with E-state index in [1.165, 1.54) is 12.1 Å². The van der Waals surface area contributed by atoms with Gasteiger partial charge in [0.2, 0.25) is 5.91 Å². The summed E-state index contributed by atoms with van der Waals surface area (Å²) < 4.78 is 13.6. The Morgan fingerprint density at radius 3 is 2.72 bits per heavy atom. The number of carbonyl (C=O) groups excluding carboxylic acids is 1. The summed E-state index contributed by atoms with van der Waals surface area (Å²) in [6, 6.07) is 4.04. The molecule has 0 spiro atoms. The maximum absolute atomic E-state index is 13.6. The summed E-state index contributed by atoms with van der Waals surface area (Å²) in [5.41, 5.74) is 0.326. The van der Waals surface area contributed by atoms with Gasteiger partial charge in [-0.25, -0.2) is 4.39 Å². The Morgan fingerprint density at radius 2 is 2.17 bits per heavy atom. The van der Waals surface area contributed by atoms with E-state index in [0.717, 1.165) is 0 Å². The summed E-state index contributed by atoms with van der Waals surface area (Å²) in [5, 5.41) is 5.91. The van der Waals surface area contributed by atoms with Crippen molar-refractivity contribution < 1.29 is 9.18 Å². The smallest absolute Gasteiger partial charge is 0.221 e. The van der Waals surface area contributed by atoms with E-state index in [-0.39, 0.29) is 18.3 Å². The second-order valence-corrected chi connectivity index (χ2v) is 4.19. The quantitative estimate of drug-likeness (QED) is 0.877. The van der Waals surface area contributed by atoms with Crippen molar-refractivity contribution in [3.8, 4) is 0 Å². The maximum atomic E-state index is 13.6. The van der Waals surface area contributed by atoms with Gasteiger partial charge in [-0.15, -0.1) is 12.4 Å². The molecule has 3 nitrogen and oxygen atoms in total. The number of nitrogens with one attached hydrogen (secondary N) is 2. The fraction of sp³-hybridized carbons (Fsp3) is 0.417. The minimum absolute atomic E-state index is 0. The molecule has 1 unspecified atom stereocenters. The minimum Gasteiger partial charge on any atom is -0.349 e. The van der Waals surface area contributed by atoms with Crippen LogP contribution in [0.15, 0.2) is 18.2 Å². The van der Waals surface area contributed by atoms with Gasteiger partial charge < -0.3 is 10.6 Å². The van der Waals surface area contributed by atoms with Crippen LogP contribution in [-0.4, -0.2) is 19.5 Å². The van der Waals surface area contributed by atoms with E-state index in [1.54, 1.807) is 20.0 Å². The average molecular weight is 295 g/mol. The number of amides is 1. The number of halogens is 3. The normalized spacial score (nSPS) is 11.6. The third-order valence-electron chi connectivity index (χ3n) is 2.41. The molecule has 18 heavy (non-hydrogen) atoms. The summed E-state index contributed by atoms with van der Waals surface area (Å²) in [7, 11) is 1.77. The highest BCUT2D eigenvalue weighted by atomic mass is 35.5. The molecule has 0 fully saturated rings. The molecule has 0 heterocycles. The first kappa shape index (κ1) is 17.2. The van der Waals surface area contributed by atoms with Crippen molar-refractivity contribution in [3.05, 3.63) is 34.6 Å². The lowest BCUT2D eigenvalue weighted by Crippen LogP contribution is -2.29. The van der Waals surface area contributed by atoms with Crippen molar-refractivity contribution in [2.24, 2.45) is 0 Å². The summed E-state index contributed by atoms with van der Waals surface area (Å²) in [6.45, 7) is 2.30. The molecule has 0 radical (unpaired) electrons. The number of carbonyl (C=O) groups is 1. The van der Waals surface area contributed by atoms with Crippen LogP contribution in [-0.2, 0) is 4.79 Å². The largest absolute Gasteiger partial charge is 0.349 e. The molecular weight excluding hydrogens is 278 g/mol. The monoisotopic (exact) mass is 294 g/mol. The molecule has 1 aromatic rings. The Hall–Kier alpha value is -0.840. The first-order chi connectivity index (χ1) is 8.06. The summed E-state index contributed by atoms with van der Waals surface area (Å²) in [4.78, 5) is 11.5. The third kappa shape index (κ3) is 4.80. The summed E-state index contributed by atoms with van der Waals surface area (Å²) in [6.07, 6.45) is 0.354. The molecule has 0 bridgehead atoms. The first-order valence-electron chi connectivity index (χ1n) is 5.44. The van der Waals surface area contributed by atoms with Gasteiger partial charge in [0, 0.05) is 23.6 Å². The summed E-state index contributed by atoms with van der Waals surface area (Å²) in [5.74, 6) is -0.537. The number of benzene rings is 1. The molecule has 6 heteroatoms. The Morgan fingerprint density at radius 1 is 1.50 bits per heavy atom. The van der Waals surface area contributed by atoms with Gasteiger partial charge in [-0.2, -0.15) is 0 Å². The lowest BCUT2D eigenvalue weighted by atomic mass is 10.1. The van der Waals surface area contributed by atoms with Crippen molar-refractivity contribution >= 4 is 29.9 Å². The molecule has 2 N–H and O–H groups in total. The maximum Gasteiger partial charge on any atom is 0.221 e. The Labute approximate surface area is 118 Å². The fourth-order valence-corrected chi connectivity index (χ4v) is 1.88. The third-order valence-corrected chi connectivity index (χ3v) is 2.74. The standard InChI is InChI=1S/C12H16ClFN2O.ClH/c1-8(16-11(17)6-7-15-2)12-9(13)4-3-5-10(12)14;/h3-5,8,15H,6-7H2,1-2H3,(H,16,17);1H. The van der Waals surface area contributed by atoms with E-state index in [1.807, 2.05) is 0 Å². The molecule has 102 valence electrons. The van der Waals surface area contributed by atoms with E-state index in [9.17, 15) is 9.18 Å². The second kappa shape index (κ2) is 8.29. The Balaban J connectivity index is 0.00000289. The zero-order chi connectivity index (χ0) is 12.8. The van der Waals surface area contributed by atoms with Crippen molar-refractivity contribution in [2.45, 2.75) is 19.4 Å². The van der Waals surface area contributed by atoms with Crippen molar-refractivity contribution in [2.75, 3.05) is 13.6 Å². The molecule has 1 aromatic carbocycles. The van der Waals surface area contributed by atoms with Crippen LogP contribution in [0.4, 0.5) is 4.39 Å². The van der Waals surface area contributed by atoms with Gasteiger partial charge in [0.25, 0.3) is 0 Å². The van der Waals surface area contributed by atoms with Crippen LogP contribution in [0.2, 0.25) is 5.02 Å². The van der Waals surface area contributed by atoms with Gasteiger partial charge >= 0.3 is 0 Å². The molecule has 0 aliphatic carbocycles. The zero-order valence-corrected chi connectivity index (χ0v) is 11.9. The second-order valence-electron chi connectivity index (χ2n) is 3.78. The van der Waals surface area contributed by atoms with Crippen LogP contribution < -0.4 is 10.6 Å². The van der Waals surface area contributed by atoms with Gasteiger partial charge in [-0.3, -0.25) is 4.79 Å². The van der Waals surface area contributed by atoms with Crippen LogP contribution in [0, 0.1) is 5.82 Å². The molecule has 1 rings (SSSR count). The van der Waals surface area contributed by atoms with Gasteiger partial charge in [-0.05, 0) is 26.1 Å². The highest BCUT2D eigenvalue weighted by Gasteiger charge is 2.16. The molecule has 0 saturated carbocycles. The number of hydrogen-bond acceptors (Lipinski definition) is 2. The highest BCUT2D eigenvalue weighted by molar-refractivity contribution is 6.31. The van der Waals surface area contributed by atoms with Crippen LogP contribution in [0.3, 0.4) is 0 Å². The average Bonchev–Trinajstić information content (AvgIpc) is 2.26. The minimum atomic E-state index is -0.437. The molecule has 0 aliphatic heterocycles. The van der Waals surface area contributed by atoms with Gasteiger partial charge in [0.15, 0.2) is 0 Å². The van der Waals surface area contributed by atoms with E-state index in [2.05, 4.69) is 10.6 Å². The number of hydrogen-bond donors (Lipinski definition) is 2. The Kier molecular flexibility index (Phi) is 7.91. The Bertz CT molecular complexity index is 381. The van der Waals surface area contributed by atoms with Gasteiger partial charge in [0.1, 0.15) is 5.82 Å². The highest BCUT2D eigenvalue weighted by Crippen LogP contribution is 2.25. The van der Waals surface area contributed by atoms with Crippen LogP contribution in [0.25, 0.3) is 0 Å². The summed E-state index contributed by atoms with van der Waals surface area (Å²) >= 11 is 5.91. The predicted octanol–water partition coefficient (Wildman–Crippen LogP) is 2.69. The first-order valence-corrected chi connectivity index (χ1v) is 5.82. The lowest BCUT2D eigenvalue weighted by molar-refractivity contribution is -0.121. The van der Waals surface area contributed by atoms with Crippen molar-refractivity contribution in [1.82, 2.24) is 10.6 Å². The number of rotatable bonds is 5. The SMILES string of the molecule is CNCCC(=O)NC(C)c1c(F)cccc1Cl.Cl. The van der Waals surface area contributed by atoms with E-state index < -0.39 is 11.9 Å². The molecule has 0 saturated heterocycles. The molecule has 1 amide bonds. The van der Waals surface area contributed by atoms with Crippen LogP contribution in [0.5, 0.6) is 0 Å². The molecule has 0 aromatic heterocycles. The molecular formula is C12H17Cl2FN2O. The van der Waals surface area contributed by atoms with E-state index >= 15 is 0 Å². The van der Waals surface area contributed by atoms with Gasteiger partial charge in [0.05, 0.1) is 6.04 Å². The topological polar surface area (TPSA) is 41.1 Å². The predicted molar refractivity (Wildman–Crippen MR) is 73.8 cm³/mol. The van der Waals surface area contributed by atoms with Crippen molar-refractivity contribution in [1.29, 1.82) is 0 Å². The van der Waals surface area contributed by atoms with Crippen LogP contribution >= 0.6 is 24.0 Å². The van der Waals surface area contributed by atoms with E-state index in [0.29, 0.717) is 23.6 Å². The fourth-order valence-electron chi connectivity index (χ4n) is 1.55. The van der Waals surface area contributed by atoms with Gasteiger partial charge in [-0.1, -0.05) is 17.7 Å². The van der Waals surface area contributed by atoms with Crippen molar-refractivity contribution in [3.63, 3.8) is 0 Å². The van der Waals surface area contributed by atoms with E-state index in [4.69, 9.17) is 11.6 Å².